The van der Waals surface area contributed by atoms with Crippen LogP contribution >= 0.6 is 23.4 Å². The summed E-state index contributed by atoms with van der Waals surface area (Å²) >= 11 is 6.93. The molecule has 1 N–H and O–H groups in total. The summed E-state index contributed by atoms with van der Waals surface area (Å²) in [4.78, 5) is 25.8. The Labute approximate surface area is 169 Å². The van der Waals surface area contributed by atoms with Crippen molar-refractivity contribution in [1.82, 2.24) is 4.90 Å². The topological polar surface area (TPSA) is 49.4 Å². The number of benzene rings is 2. The molecule has 0 fully saturated rings. The fourth-order valence-electron chi connectivity index (χ4n) is 2.00. The molecule has 2 amide bonds. The number of alkyl halides is 3. The van der Waals surface area contributed by atoms with Gasteiger partial charge in [-0.3, -0.25) is 9.59 Å². The molecule has 0 aliphatic heterocycles. The third kappa shape index (κ3) is 6.31. The maximum Gasteiger partial charge on any atom is 0.416 e. The van der Waals surface area contributed by atoms with Gasteiger partial charge in [0.1, 0.15) is 0 Å². The average molecular weight is 429 g/mol. The number of carbonyl (C=O) groups is 2. The van der Waals surface area contributed by atoms with E-state index in [0.29, 0.717) is 10.6 Å². The Kier molecular flexibility index (Phi) is 7.15. The summed E-state index contributed by atoms with van der Waals surface area (Å²) in [5.41, 5.74) is -0.288. The summed E-state index contributed by atoms with van der Waals surface area (Å²) in [6, 6.07) is 9.47. The lowest BCUT2D eigenvalue weighted by molar-refractivity contribution is -0.137. The fraction of sp³-hybridized carbons (Fsp3) is 0.158. The first-order valence-electron chi connectivity index (χ1n) is 7.91. The van der Waals surface area contributed by atoms with E-state index in [9.17, 15) is 22.8 Å². The summed E-state index contributed by atoms with van der Waals surface area (Å²) in [7, 11) is 3.29. The Bertz CT molecular complexity index is 897. The monoisotopic (exact) mass is 428 g/mol. The van der Waals surface area contributed by atoms with E-state index in [1.807, 2.05) is 0 Å². The molecule has 0 saturated carbocycles. The minimum atomic E-state index is -4.50. The van der Waals surface area contributed by atoms with E-state index >= 15 is 0 Å². The van der Waals surface area contributed by atoms with Crippen LogP contribution in [0.15, 0.2) is 53.4 Å². The first kappa shape index (κ1) is 21.8. The highest BCUT2D eigenvalue weighted by molar-refractivity contribution is 8.13. The van der Waals surface area contributed by atoms with Crippen molar-refractivity contribution in [3.8, 4) is 0 Å². The molecule has 0 bridgehead atoms. The Morgan fingerprint density at radius 2 is 1.75 bits per heavy atom. The van der Waals surface area contributed by atoms with Crippen LogP contribution in [-0.2, 0) is 11.0 Å². The van der Waals surface area contributed by atoms with E-state index in [1.165, 1.54) is 11.0 Å². The van der Waals surface area contributed by atoms with E-state index in [-0.39, 0.29) is 15.8 Å². The summed E-state index contributed by atoms with van der Waals surface area (Å²) in [5, 5.41) is 2.56. The summed E-state index contributed by atoms with van der Waals surface area (Å²) in [5.74, 6) is -0.529. The van der Waals surface area contributed by atoms with Crippen LogP contribution < -0.4 is 5.32 Å². The zero-order valence-corrected chi connectivity index (χ0v) is 16.5. The average Bonchev–Trinajstić information content (AvgIpc) is 2.61. The molecule has 0 radical (unpaired) electrons. The van der Waals surface area contributed by atoms with Crippen LogP contribution in [0.1, 0.15) is 11.1 Å². The maximum atomic E-state index is 12.8. The summed E-state index contributed by atoms with van der Waals surface area (Å²) < 4.78 is 38.3. The van der Waals surface area contributed by atoms with Gasteiger partial charge in [-0.05, 0) is 65.9 Å². The van der Waals surface area contributed by atoms with Gasteiger partial charge < -0.3 is 10.2 Å². The second kappa shape index (κ2) is 9.16. The highest BCUT2D eigenvalue weighted by Crippen LogP contribution is 2.32. The molecule has 9 heteroatoms. The van der Waals surface area contributed by atoms with Crippen molar-refractivity contribution in [3.05, 3.63) is 64.7 Å². The molecule has 0 aliphatic rings. The summed E-state index contributed by atoms with van der Waals surface area (Å²) in [6.07, 6.45) is -2.18. The highest BCUT2D eigenvalue weighted by atomic mass is 35.5. The van der Waals surface area contributed by atoms with Gasteiger partial charge in [0.25, 0.3) is 5.24 Å². The molecule has 4 nitrogen and oxygen atoms in total. The highest BCUT2D eigenvalue weighted by Gasteiger charge is 2.30. The van der Waals surface area contributed by atoms with Gasteiger partial charge in [0.05, 0.1) is 5.56 Å². The Hall–Kier alpha value is -2.45. The lowest BCUT2D eigenvalue weighted by Gasteiger charge is -2.09. The Morgan fingerprint density at radius 3 is 2.32 bits per heavy atom. The molecule has 2 aromatic rings. The Balaban J connectivity index is 2.03. The number of rotatable bonds is 4. The molecule has 0 unspecified atom stereocenters. The van der Waals surface area contributed by atoms with Crippen molar-refractivity contribution in [2.75, 3.05) is 19.4 Å². The third-order valence-corrected chi connectivity index (χ3v) is 4.82. The molecule has 0 spiro atoms. The molecule has 0 aromatic heterocycles. The van der Waals surface area contributed by atoms with Crippen molar-refractivity contribution in [2.45, 2.75) is 11.1 Å². The second-order valence-corrected chi connectivity index (χ2v) is 7.28. The molecule has 0 atom stereocenters. The van der Waals surface area contributed by atoms with Crippen LogP contribution in [0.3, 0.4) is 0 Å². The predicted molar refractivity (Wildman–Crippen MR) is 105 cm³/mol. The maximum absolute atomic E-state index is 12.8. The predicted octanol–water partition coefficient (Wildman–Crippen LogP) is 5.78. The number of carbonyl (C=O) groups excluding carboxylic acids is 2. The third-order valence-electron chi connectivity index (χ3n) is 3.43. The largest absolute Gasteiger partial charge is 0.416 e. The van der Waals surface area contributed by atoms with Gasteiger partial charge >= 0.3 is 6.18 Å². The number of anilines is 1. The van der Waals surface area contributed by atoms with E-state index in [4.69, 9.17) is 11.6 Å². The number of nitrogens with one attached hydrogen (secondary N) is 1. The first-order valence-corrected chi connectivity index (χ1v) is 9.11. The number of amides is 2. The minimum Gasteiger partial charge on any atom is -0.339 e. The van der Waals surface area contributed by atoms with Crippen molar-refractivity contribution in [2.24, 2.45) is 0 Å². The first-order chi connectivity index (χ1) is 13.1. The zero-order valence-electron chi connectivity index (χ0n) is 14.9. The van der Waals surface area contributed by atoms with Gasteiger partial charge in [0, 0.05) is 35.8 Å². The molecular weight excluding hydrogens is 413 g/mol. The molecule has 0 heterocycles. The van der Waals surface area contributed by atoms with Crippen molar-refractivity contribution < 1.29 is 22.8 Å². The lowest BCUT2D eigenvalue weighted by Crippen LogP contribution is -2.16. The van der Waals surface area contributed by atoms with E-state index < -0.39 is 17.6 Å². The van der Waals surface area contributed by atoms with Crippen LogP contribution in [0.5, 0.6) is 0 Å². The van der Waals surface area contributed by atoms with Crippen LogP contribution in [0.4, 0.5) is 23.7 Å². The number of thioether (sulfide) groups is 1. The number of halogens is 4. The molecule has 0 aliphatic carbocycles. The second-order valence-electron chi connectivity index (χ2n) is 5.84. The minimum absolute atomic E-state index is 0.0839. The van der Waals surface area contributed by atoms with Crippen LogP contribution in [0, 0.1) is 0 Å². The Morgan fingerprint density at radius 1 is 1.11 bits per heavy atom. The van der Waals surface area contributed by atoms with Gasteiger partial charge in [-0.25, -0.2) is 0 Å². The number of nitrogens with zero attached hydrogens (tertiary/aromatic N) is 1. The van der Waals surface area contributed by atoms with Crippen LogP contribution in [0.25, 0.3) is 6.08 Å². The van der Waals surface area contributed by atoms with Crippen LogP contribution in [0.2, 0.25) is 5.02 Å². The smallest absolute Gasteiger partial charge is 0.339 e. The van der Waals surface area contributed by atoms with Gasteiger partial charge in [-0.15, -0.1) is 0 Å². The normalized spacial score (nSPS) is 11.5. The standard InChI is InChI=1S/C19H16ClF3N2O2S/c1-25(2)18(27)28-15-7-5-14(6-8-15)24-17(26)10-3-12-11-13(19(21,22)23)4-9-16(12)20/h3-11H,1-2H3,(H,24,26)/b10-3+. The molecule has 2 aromatic carbocycles. The SMILES string of the molecule is CN(C)C(=O)Sc1ccc(NC(=O)/C=C/c2cc(C(F)(F)F)ccc2Cl)cc1. The van der Waals surface area contributed by atoms with E-state index in [1.54, 1.807) is 38.4 Å². The quantitative estimate of drug-likeness (QED) is 0.495. The molecule has 0 saturated heterocycles. The van der Waals surface area contributed by atoms with Crippen LogP contribution in [-0.4, -0.2) is 30.1 Å². The van der Waals surface area contributed by atoms with Gasteiger partial charge in [-0.1, -0.05) is 11.6 Å². The summed E-state index contributed by atoms with van der Waals surface area (Å²) in [6.45, 7) is 0. The zero-order chi connectivity index (χ0) is 20.9. The van der Waals surface area contributed by atoms with Crippen molar-refractivity contribution >= 4 is 46.3 Å². The van der Waals surface area contributed by atoms with Gasteiger partial charge in [0.15, 0.2) is 0 Å². The lowest BCUT2D eigenvalue weighted by atomic mass is 10.1. The van der Waals surface area contributed by atoms with E-state index in [2.05, 4.69) is 5.32 Å². The van der Waals surface area contributed by atoms with Gasteiger partial charge in [-0.2, -0.15) is 13.2 Å². The molecular formula is C19H16ClF3N2O2S. The molecule has 2 rings (SSSR count). The molecule has 148 valence electrons. The van der Waals surface area contributed by atoms with Crippen molar-refractivity contribution in [3.63, 3.8) is 0 Å². The fourth-order valence-corrected chi connectivity index (χ4v) is 2.83. The van der Waals surface area contributed by atoms with Gasteiger partial charge in [0.2, 0.25) is 5.91 Å². The molecule has 28 heavy (non-hydrogen) atoms. The van der Waals surface area contributed by atoms with E-state index in [0.717, 1.165) is 36.0 Å². The number of hydrogen-bond acceptors (Lipinski definition) is 3. The number of hydrogen-bond donors (Lipinski definition) is 1. The van der Waals surface area contributed by atoms with Crippen molar-refractivity contribution in [1.29, 1.82) is 0 Å².